The van der Waals surface area contributed by atoms with Crippen LogP contribution >= 0.6 is 15.9 Å². The van der Waals surface area contributed by atoms with Gasteiger partial charge in [0, 0.05) is 17.1 Å². The first-order chi connectivity index (χ1) is 21.2. The molecule has 0 N–H and O–H groups in total. The van der Waals surface area contributed by atoms with E-state index in [4.69, 9.17) is 42.4 Å². The molecule has 0 amide bonds. The molecule has 0 saturated carbocycles. The number of benzene rings is 2. The topological polar surface area (TPSA) is 113 Å². The van der Waals surface area contributed by atoms with Crippen molar-refractivity contribution in [2.75, 3.05) is 20.7 Å². The predicted octanol–water partition coefficient (Wildman–Crippen LogP) is 6.32. The van der Waals surface area contributed by atoms with Crippen molar-refractivity contribution in [3.05, 3.63) is 58.1 Å². The van der Waals surface area contributed by atoms with Crippen molar-refractivity contribution >= 4 is 36.4 Å². The van der Waals surface area contributed by atoms with Crippen LogP contribution in [-0.4, -0.2) is 71.4 Å². The summed E-state index contributed by atoms with van der Waals surface area (Å²) < 4.78 is 48.3. The largest absolute Gasteiger partial charge is 0.459 e. The average molecular weight is 711 g/mol. The van der Waals surface area contributed by atoms with Gasteiger partial charge in [0.05, 0.1) is 6.21 Å². The lowest BCUT2D eigenvalue weighted by atomic mass is 10.0. The zero-order chi connectivity index (χ0) is 32.8. The van der Waals surface area contributed by atoms with E-state index in [0.29, 0.717) is 17.1 Å². The van der Waals surface area contributed by atoms with E-state index in [-0.39, 0.29) is 31.8 Å². The molecule has 2 heterocycles. The first kappa shape index (κ1) is 35.3. The third kappa shape index (κ3) is 9.28. The zero-order valence-electron chi connectivity index (χ0n) is 27.2. The highest BCUT2D eigenvalue weighted by Crippen LogP contribution is 2.40. The highest BCUT2D eigenvalue weighted by Gasteiger charge is 2.52. The summed E-state index contributed by atoms with van der Waals surface area (Å²) in [7, 11) is -1.06. The van der Waals surface area contributed by atoms with Gasteiger partial charge in [-0.1, -0.05) is 72.2 Å². The highest BCUT2D eigenvalue weighted by atomic mass is 79.9. The van der Waals surface area contributed by atoms with E-state index < -0.39 is 44.5 Å². The van der Waals surface area contributed by atoms with Crippen LogP contribution in [0.3, 0.4) is 0 Å². The summed E-state index contributed by atoms with van der Waals surface area (Å²) in [6, 6.07) is 13.3. The summed E-state index contributed by atoms with van der Waals surface area (Å²) in [6.45, 7) is 14.2. The Balaban J connectivity index is 1.60. The number of hydrogen-bond acceptors (Lipinski definition) is 11. The quantitative estimate of drug-likeness (QED) is 0.0726. The maximum atomic E-state index is 14.0. The fourth-order valence-corrected chi connectivity index (χ4v) is 6.18. The Morgan fingerprint density at radius 1 is 1.11 bits per heavy atom. The second-order valence-corrected chi connectivity index (χ2v) is 18.4. The van der Waals surface area contributed by atoms with Gasteiger partial charge in [-0.25, -0.2) is 4.79 Å². The molecule has 2 aliphatic heterocycles. The number of rotatable bonds is 14. The number of oxime groups is 1. The fraction of sp³-hybridized carbons (Fsp3) is 0.562. The Morgan fingerprint density at radius 2 is 1.80 bits per heavy atom. The summed E-state index contributed by atoms with van der Waals surface area (Å²) in [5.41, 5.74) is 1.67. The molecule has 13 heteroatoms. The van der Waals surface area contributed by atoms with Gasteiger partial charge in [0.2, 0.25) is 6.79 Å². The van der Waals surface area contributed by atoms with Crippen molar-refractivity contribution in [2.24, 2.45) is 5.16 Å². The zero-order valence-corrected chi connectivity index (χ0v) is 29.8. The van der Waals surface area contributed by atoms with E-state index in [0.717, 1.165) is 10.0 Å². The Hall–Kier alpha value is -2.52. The third-order valence-electron chi connectivity index (χ3n) is 7.89. The molecule has 0 radical (unpaired) electrons. The number of hydrogen-bond donors (Lipinski definition) is 0. The van der Waals surface area contributed by atoms with Crippen molar-refractivity contribution < 1.29 is 47.2 Å². The molecule has 2 aromatic carbocycles. The Kier molecular flexibility index (Phi) is 11.7. The molecule has 248 valence electrons. The molecule has 11 nitrogen and oxygen atoms in total. The van der Waals surface area contributed by atoms with Crippen LogP contribution in [0.5, 0.6) is 11.5 Å². The predicted molar refractivity (Wildman–Crippen MR) is 172 cm³/mol. The van der Waals surface area contributed by atoms with Crippen LogP contribution in [0, 0.1) is 0 Å². The monoisotopic (exact) mass is 709 g/mol. The summed E-state index contributed by atoms with van der Waals surface area (Å²) in [5.74, 6) is -0.437. The molecule has 1 saturated heterocycles. The van der Waals surface area contributed by atoms with Gasteiger partial charge < -0.3 is 42.4 Å². The van der Waals surface area contributed by atoms with Crippen molar-refractivity contribution in [3.8, 4) is 11.5 Å². The maximum absolute atomic E-state index is 14.0. The molecule has 4 atom stereocenters. The van der Waals surface area contributed by atoms with Crippen LogP contribution < -0.4 is 9.47 Å². The lowest BCUT2D eigenvalue weighted by Gasteiger charge is -2.41. The van der Waals surface area contributed by atoms with Gasteiger partial charge in [0.15, 0.2) is 31.7 Å². The van der Waals surface area contributed by atoms with Gasteiger partial charge in [-0.2, -0.15) is 0 Å². The molecular weight excluding hydrogens is 666 g/mol. The number of ether oxygens (including phenoxy) is 7. The van der Waals surface area contributed by atoms with Crippen LogP contribution in [0.4, 0.5) is 0 Å². The first-order valence-electron chi connectivity index (χ1n) is 14.8. The minimum Gasteiger partial charge on any atom is -0.459 e. The molecule has 0 aromatic heterocycles. The maximum Gasteiger partial charge on any atom is 0.337 e. The first-order valence-corrected chi connectivity index (χ1v) is 18.5. The van der Waals surface area contributed by atoms with Crippen LogP contribution in [0.1, 0.15) is 45.7 Å². The molecule has 0 unspecified atom stereocenters. The van der Waals surface area contributed by atoms with Crippen molar-refractivity contribution in [3.63, 3.8) is 0 Å². The van der Waals surface area contributed by atoms with E-state index >= 15 is 0 Å². The number of fused-ring (bicyclic) bond motifs is 1. The second-order valence-electron chi connectivity index (χ2n) is 12.8. The molecular formula is C32H44BrNO10Si. The van der Waals surface area contributed by atoms with Gasteiger partial charge in [-0.15, -0.1) is 0 Å². The van der Waals surface area contributed by atoms with E-state index in [2.05, 4.69) is 55.0 Å². The number of methoxy groups -OCH3 is 1. The molecule has 4 rings (SSSR count). The molecule has 0 aliphatic carbocycles. The number of carbonyl (C=O) groups is 1. The smallest absolute Gasteiger partial charge is 0.337 e. The molecule has 0 bridgehead atoms. The second kappa shape index (κ2) is 14.9. The highest BCUT2D eigenvalue weighted by molar-refractivity contribution is 9.10. The van der Waals surface area contributed by atoms with E-state index in [1.807, 2.05) is 30.3 Å². The lowest BCUT2D eigenvalue weighted by molar-refractivity contribution is -0.197. The summed E-state index contributed by atoms with van der Waals surface area (Å²) >= 11 is 3.54. The molecule has 2 aromatic rings. The van der Waals surface area contributed by atoms with E-state index in [9.17, 15) is 4.79 Å². The van der Waals surface area contributed by atoms with Crippen LogP contribution in [0.25, 0.3) is 0 Å². The normalized spacial score (nSPS) is 20.7. The summed E-state index contributed by atoms with van der Waals surface area (Å²) in [4.78, 5) is 19.6. The van der Waals surface area contributed by atoms with Gasteiger partial charge in [-0.05, 0) is 49.7 Å². The molecule has 0 spiro atoms. The van der Waals surface area contributed by atoms with Crippen LogP contribution in [0.15, 0.2) is 52.1 Å². The number of carbonyl (C=O) groups excluding carboxylic acids is 1. The van der Waals surface area contributed by atoms with Gasteiger partial charge in [0.25, 0.3) is 0 Å². The Bertz CT molecular complexity index is 1320. The summed E-state index contributed by atoms with van der Waals surface area (Å²) in [5, 5.41) is 3.94. The van der Waals surface area contributed by atoms with Crippen LogP contribution in [-0.2, 0) is 51.0 Å². The number of halogens is 1. The average Bonchev–Trinajstić information content (AvgIpc) is 3.55. The minimum absolute atomic E-state index is 0.0455. The molecule has 2 aliphatic rings. The number of esters is 1. The Morgan fingerprint density at radius 3 is 2.47 bits per heavy atom. The summed E-state index contributed by atoms with van der Waals surface area (Å²) in [6.07, 6.45) is -2.21. The Labute approximate surface area is 274 Å². The van der Waals surface area contributed by atoms with Crippen molar-refractivity contribution in [2.45, 2.75) is 96.2 Å². The fourth-order valence-electron chi connectivity index (χ4n) is 4.52. The molecule has 45 heavy (non-hydrogen) atoms. The minimum atomic E-state index is -2.57. The lowest BCUT2D eigenvalue weighted by Crippen LogP contribution is -2.56. The standard InChI is InChI=1S/C32H44BrNO10Si/c1-31(2,3)45(7,8)44-29(30(35)37-18-22-14-24-25(15-23(22)33)39-20-38-24)28(40-19-36-6)27-26(42-32(4,5)43-27)16-34-41-17-21-12-10-9-11-13-21/h9-16,26-29H,17-20H2,1-8H3/b34-16-/t26-,27-,28+,29-/m0/s1. The van der Waals surface area contributed by atoms with Crippen molar-refractivity contribution in [1.29, 1.82) is 0 Å². The number of nitrogens with zero attached hydrogens (tertiary/aromatic N) is 1. The SMILES string of the molecule is COCO[C@H]([C@H]1OC(C)(C)O[C@H]1/C=N\OCc1ccccc1)[C@H](O[Si](C)(C)C(C)(C)C)C(=O)OCc1cc2c(cc1Br)OCO2. The van der Waals surface area contributed by atoms with E-state index in [1.165, 1.54) is 13.3 Å². The van der Waals surface area contributed by atoms with Gasteiger partial charge in [-0.3, -0.25) is 0 Å². The van der Waals surface area contributed by atoms with Gasteiger partial charge in [0.1, 0.15) is 38.3 Å². The van der Waals surface area contributed by atoms with Gasteiger partial charge >= 0.3 is 5.97 Å². The van der Waals surface area contributed by atoms with Crippen molar-refractivity contribution in [1.82, 2.24) is 0 Å². The molecule has 1 fully saturated rings. The van der Waals surface area contributed by atoms with E-state index in [1.54, 1.807) is 26.0 Å². The van der Waals surface area contributed by atoms with Crippen LogP contribution in [0.2, 0.25) is 18.1 Å². The third-order valence-corrected chi connectivity index (χ3v) is 13.1.